The lowest BCUT2D eigenvalue weighted by Gasteiger charge is -2.16. The Morgan fingerprint density at radius 1 is 1.20 bits per heavy atom. The fourth-order valence-corrected chi connectivity index (χ4v) is 3.08. The predicted octanol–water partition coefficient (Wildman–Crippen LogP) is 4.78. The number of rotatable bonds is 3. The summed E-state index contributed by atoms with van der Waals surface area (Å²) < 4.78 is 42.0. The molecule has 0 aliphatic rings. The number of hydrogen-bond acceptors (Lipinski definition) is 3. The molecule has 0 aliphatic heterocycles. The standard InChI is InChI=1S/C17H14F3N3OS/c1-8(2)23-15-13(16(24)22-17(23)25)11(14(19)20)7-12(21-15)9-3-5-10(18)6-4-9/h3-8,14H,1-2H3,(H,22,24,25). The maximum Gasteiger partial charge on any atom is 0.264 e. The van der Waals surface area contributed by atoms with Gasteiger partial charge in [0.25, 0.3) is 12.0 Å². The van der Waals surface area contributed by atoms with Crippen molar-refractivity contribution in [3.63, 3.8) is 0 Å². The fourth-order valence-electron chi connectivity index (χ4n) is 2.69. The van der Waals surface area contributed by atoms with Crippen molar-refractivity contribution in [1.29, 1.82) is 0 Å². The summed E-state index contributed by atoms with van der Waals surface area (Å²) in [4.78, 5) is 19.0. The Kier molecular flexibility index (Phi) is 4.47. The van der Waals surface area contributed by atoms with Crippen molar-refractivity contribution in [2.45, 2.75) is 26.3 Å². The third kappa shape index (κ3) is 3.09. The molecule has 0 bridgehead atoms. The summed E-state index contributed by atoms with van der Waals surface area (Å²) in [5.41, 5.74) is -0.370. The van der Waals surface area contributed by atoms with Gasteiger partial charge in [-0.2, -0.15) is 0 Å². The molecule has 0 atom stereocenters. The maximum atomic E-state index is 13.6. The summed E-state index contributed by atoms with van der Waals surface area (Å²) in [5, 5.41) is -0.192. The zero-order chi connectivity index (χ0) is 18.3. The molecule has 1 aromatic carbocycles. The van der Waals surface area contributed by atoms with Crippen molar-refractivity contribution >= 4 is 23.3 Å². The molecular formula is C17H14F3N3OS. The van der Waals surface area contributed by atoms with Crippen molar-refractivity contribution in [3.05, 3.63) is 56.8 Å². The van der Waals surface area contributed by atoms with E-state index in [1.807, 2.05) is 13.8 Å². The molecule has 0 radical (unpaired) electrons. The van der Waals surface area contributed by atoms with Crippen LogP contribution in [0.3, 0.4) is 0 Å². The molecule has 3 rings (SSSR count). The van der Waals surface area contributed by atoms with E-state index in [-0.39, 0.29) is 27.5 Å². The van der Waals surface area contributed by atoms with Crippen molar-refractivity contribution in [2.75, 3.05) is 0 Å². The number of alkyl halides is 2. The minimum Gasteiger partial charge on any atom is -0.300 e. The molecule has 130 valence electrons. The van der Waals surface area contributed by atoms with E-state index in [2.05, 4.69) is 9.97 Å². The number of pyridine rings is 1. The van der Waals surface area contributed by atoms with Crippen molar-refractivity contribution in [1.82, 2.24) is 14.5 Å². The molecular weight excluding hydrogens is 351 g/mol. The highest BCUT2D eigenvalue weighted by molar-refractivity contribution is 7.71. The summed E-state index contributed by atoms with van der Waals surface area (Å²) in [5.74, 6) is -0.444. The van der Waals surface area contributed by atoms with Gasteiger partial charge in [0.15, 0.2) is 4.77 Å². The van der Waals surface area contributed by atoms with E-state index in [1.54, 1.807) is 0 Å². The first-order chi connectivity index (χ1) is 11.8. The van der Waals surface area contributed by atoms with Crippen LogP contribution in [0.2, 0.25) is 0 Å². The second-order valence-corrected chi connectivity index (χ2v) is 6.21. The van der Waals surface area contributed by atoms with Crippen LogP contribution >= 0.6 is 12.2 Å². The van der Waals surface area contributed by atoms with Crippen LogP contribution in [0.4, 0.5) is 13.2 Å². The van der Waals surface area contributed by atoms with Gasteiger partial charge in [0.1, 0.15) is 11.5 Å². The van der Waals surface area contributed by atoms with E-state index in [4.69, 9.17) is 12.2 Å². The highest BCUT2D eigenvalue weighted by Gasteiger charge is 2.21. The number of fused-ring (bicyclic) bond motifs is 1. The van der Waals surface area contributed by atoms with Gasteiger partial charge in [-0.15, -0.1) is 0 Å². The SMILES string of the molecule is CC(C)n1c(=S)[nH]c(=O)c2c(C(F)F)cc(-c3ccc(F)cc3)nc21. The highest BCUT2D eigenvalue weighted by Crippen LogP contribution is 2.30. The van der Waals surface area contributed by atoms with Crippen LogP contribution in [-0.4, -0.2) is 14.5 Å². The molecule has 8 heteroatoms. The molecule has 0 saturated heterocycles. The lowest BCUT2D eigenvalue weighted by molar-refractivity contribution is 0.153. The van der Waals surface area contributed by atoms with E-state index in [0.29, 0.717) is 5.56 Å². The number of nitrogens with one attached hydrogen (secondary N) is 1. The Morgan fingerprint density at radius 2 is 1.84 bits per heavy atom. The minimum absolute atomic E-state index is 0.0841. The number of benzene rings is 1. The minimum atomic E-state index is -2.87. The van der Waals surface area contributed by atoms with Crippen LogP contribution in [0.15, 0.2) is 35.1 Å². The third-order valence-corrected chi connectivity index (χ3v) is 4.12. The van der Waals surface area contributed by atoms with Gasteiger partial charge in [-0.25, -0.2) is 18.2 Å². The summed E-state index contributed by atoms with van der Waals surface area (Å²) in [6.07, 6.45) is -2.87. The Hall–Kier alpha value is -2.48. The quantitative estimate of drug-likeness (QED) is 0.680. The first-order valence-electron chi connectivity index (χ1n) is 7.53. The van der Waals surface area contributed by atoms with E-state index in [9.17, 15) is 18.0 Å². The summed E-state index contributed by atoms with van der Waals surface area (Å²) in [6, 6.07) is 6.28. The zero-order valence-electron chi connectivity index (χ0n) is 13.4. The summed E-state index contributed by atoms with van der Waals surface area (Å²) in [6.45, 7) is 3.61. The van der Waals surface area contributed by atoms with Gasteiger partial charge >= 0.3 is 0 Å². The topological polar surface area (TPSA) is 50.7 Å². The van der Waals surface area contributed by atoms with Crippen LogP contribution in [0.25, 0.3) is 22.3 Å². The van der Waals surface area contributed by atoms with E-state index in [0.717, 1.165) is 6.07 Å². The molecule has 0 unspecified atom stereocenters. The monoisotopic (exact) mass is 365 g/mol. The average Bonchev–Trinajstić information content (AvgIpc) is 2.53. The van der Waals surface area contributed by atoms with Gasteiger partial charge in [0.2, 0.25) is 0 Å². The second kappa shape index (κ2) is 6.44. The number of halogens is 3. The van der Waals surface area contributed by atoms with E-state index >= 15 is 0 Å². The zero-order valence-corrected chi connectivity index (χ0v) is 14.2. The van der Waals surface area contributed by atoms with Crippen LogP contribution in [0, 0.1) is 10.6 Å². The van der Waals surface area contributed by atoms with Gasteiger partial charge in [0.05, 0.1) is 11.1 Å². The number of nitrogens with zero attached hydrogens (tertiary/aromatic N) is 2. The van der Waals surface area contributed by atoms with Crippen LogP contribution in [-0.2, 0) is 0 Å². The van der Waals surface area contributed by atoms with Gasteiger partial charge in [-0.3, -0.25) is 14.3 Å². The highest BCUT2D eigenvalue weighted by atomic mass is 32.1. The number of aromatic nitrogens is 3. The van der Waals surface area contributed by atoms with Gasteiger partial charge < -0.3 is 0 Å². The first kappa shape index (κ1) is 17.3. The Balaban J connectivity index is 2.46. The van der Waals surface area contributed by atoms with Gasteiger partial charge in [0, 0.05) is 17.2 Å². The number of hydrogen-bond donors (Lipinski definition) is 1. The molecule has 1 N–H and O–H groups in total. The second-order valence-electron chi connectivity index (χ2n) is 5.83. The Labute approximate surface area is 146 Å². The fraction of sp³-hybridized carbons (Fsp3) is 0.235. The maximum absolute atomic E-state index is 13.6. The molecule has 25 heavy (non-hydrogen) atoms. The molecule has 4 nitrogen and oxygen atoms in total. The average molecular weight is 365 g/mol. The summed E-state index contributed by atoms with van der Waals surface area (Å²) in [7, 11) is 0. The summed E-state index contributed by atoms with van der Waals surface area (Å²) >= 11 is 5.16. The van der Waals surface area contributed by atoms with E-state index < -0.39 is 23.4 Å². The lowest BCUT2D eigenvalue weighted by Crippen LogP contribution is -2.19. The lowest BCUT2D eigenvalue weighted by atomic mass is 10.1. The van der Waals surface area contributed by atoms with E-state index in [1.165, 1.54) is 28.8 Å². The Bertz CT molecular complexity index is 1060. The third-order valence-electron chi connectivity index (χ3n) is 3.82. The molecule has 0 amide bonds. The van der Waals surface area contributed by atoms with Crippen molar-refractivity contribution < 1.29 is 13.2 Å². The molecule has 0 spiro atoms. The molecule has 0 saturated carbocycles. The van der Waals surface area contributed by atoms with Crippen LogP contribution in [0.5, 0.6) is 0 Å². The van der Waals surface area contributed by atoms with Crippen LogP contribution < -0.4 is 5.56 Å². The smallest absolute Gasteiger partial charge is 0.264 e. The molecule has 3 aromatic rings. The first-order valence-corrected chi connectivity index (χ1v) is 7.94. The van der Waals surface area contributed by atoms with Gasteiger partial charge in [-0.05, 0) is 56.4 Å². The number of H-pyrrole nitrogens is 1. The van der Waals surface area contributed by atoms with Crippen molar-refractivity contribution in [2.24, 2.45) is 0 Å². The largest absolute Gasteiger partial charge is 0.300 e. The molecule has 2 heterocycles. The van der Waals surface area contributed by atoms with Crippen LogP contribution in [0.1, 0.15) is 31.9 Å². The molecule has 2 aromatic heterocycles. The molecule has 0 fully saturated rings. The Morgan fingerprint density at radius 3 is 2.40 bits per heavy atom. The van der Waals surface area contributed by atoms with Crippen molar-refractivity contribution in [3.8, 4) is 11.3 Å². The van der Waals surface area contributed by atoms with Gasteiger partial charge in [-0.1, -0.05) is 0 Å². The predicted molar refractivity (Wildman–Crippen MR) is 91.9 cm³/mol. The number of aromatic amines is 1. The molecule has 0 aliphatic carbocycles. The normalized spacial score (nSPS) is 11.6.